The molecule has 1 aliphatic heterocycles. The van der Waals surface area contributed by atoms with E-state index in [9.17, 15) is 26.7 Å². The number of aliphatic hydroxyl groups excluding tert-OH is 1. The molecule has 10 nitrogen and oxygen atoms in total. The highest BCUT2D eigenvalue weighted by atomic mass is 32.2. The first-order valence-electron chi connectivity index (χ1n) is 11.0. The van der Waals surface area contributed by atoms with Crippen LogP contribution in [0.3, 0.4) is 0 Å². The summed E-state index contributed by atoms with van der Waals surface area (Å²) in [5.41, 5.74) is 0.727. The summed E-state index contributed by atoms with van der Waals surface area (Å²) in [4.78, 5) is 14.8. The Balaban J connectivity index is 2.00. The van der Waals surface area contributed by atoms with Crippen molar-refractivity contribution in [3.63, 3.8) is 0 Å². The zero-order valence-corrected chi connectivity index (χ0v) is 22.5. The normalized spacial score (nSPS) is 20.4. The minimum atomic E-state index is -3.79. The average molecular weight is 546 g/mol. The molecule has 3 atom stereocenters. The van der Waals surface area contributed by atoms with Crippen molar-refractivity contribution in [2.75, 3.05) is 37.7 Å². The fourth-order valence-corrected chi connectivity index (χ4v) is 6.18. The van der Waals surface area contributed by atoms with E-state index < -0.39 is 32.2 Å². The number of likely N-dealkylation sites (N-methyl/N-ethyl adjacent to an activating group) is 1. The number of amides is 1. The fraction of sp³-hybridized carbons (Fsp3) is 0.500. The van der Waals surface area contributed by atoms with E-state index in [4.69, 9.17) is 4.74 Å². The van der Waals surface area contributed by atoms with Gasteiger partial charge in [-0.15, -0.1) is 11.3 Å². The van der Waals surface area contributed by atoms with Gasteiger partial charge in [-0.05, 0) is 36.6 Å². The highest BCUT2D eigenvalue weighted by molar-refractivity contribution is 7.94. The second kappa shape index (κ2) is 10.8. The molecule has 1 aromatic carbocycles. The van der Waals surface area contributed by atoms with Gasteiger partial charge < -0.3 is 14.7 Å². The molecule has 0 saturated carbocycles. The standard InChI is InChI=1S/C22H31N3O7S3/c1-15-12-25(16(2)14-26)21(27)11-17-10-18(23-35(30,31)22-6-5-9-33-22)7-8-19(17)32-20(15)13-24(3)34(4,28)29/h5-10,15-16,20,23,26H,11-14H2,1-4H3/t15-,16+,20-/m0/s1. The van der Waals surface area contributed by atoms with Gasteiger partial charge in [-0.1, -0.05) is 13.0 Å². The van der Waals surface area contributed by atoms with Gasteiger partial charge in [0.25, 0.3) is 10.0 Å². The van der Waals surface area contributed by atoms with Crippen molar-refractivity contribution in [3.8, 4) is 5.75 Å². The van der Waals surface area contributed by atoms with Crippen LogP contribution in [0.1, 0.15) is 19.4 Å². The Kier molecular flexibility index (Phi) is 8.48. The van der Waals surface area contributed by atoms with Crippen molar-refractivity contribution in [2.24, 2.45) is 5.92 Å². The van der Waals surface area contributed by atoms with Crippen LogP contribution in [0.4, 0.5) is 5.69 Å². The van der Waals surface area contributed by atoms with Gasteiger partial charge in [-0.25, -0.2) is 21.1 Å². The molecule has 2 aromatic rings. The van der Waals surface area contributed by atoms with Gasteiger partial charge in [0.05, 0.1) is 31.9 Å². The van der Waals surface area contributed by atoms with Gasteiger partial charge in [0, 0.05) is 30.8 Å². The number of aliphatic hydroxyl groups is 1. The third-order valence-electron chi connectivity index (χ3n) is 5.93. The van der Waals surface area contributed by atoms with E-state index in [1.54, 1.807) is 41.5 Å². The molecule has 2 N–H and O–H groups in total. The molecule has 2 heterocycles. The highest BCUT2D eigenvalue weighted by Crippen LogP contribution is 2.30. The molecule has 0 unspecified atom stereocenters. The van der Waals surface area contributed by atoms with Crippen molar-refractivity contribution < 1.29 is 31.5 Å². The molecule has 1 amide bonds. The predicted octanol–water partition coefficient (Wildman–Crippen LogP) is 1.59. The maximum atomic E-state index is 13.2. The zero-order chi connectivity index (χ0) is 26.0. The minimum absolute atomic E-state index is 0.0573. The van der Waals surface area contributed by atoms with E-state index in [1.165, 1.54) is 17.4 Å². The van der Waals surface area contributed by atoms with Crippen molar-refractivity contribution in [1.82, 2.24) is 9.21 Å². The Labute approximate surface area is 210 Å². The van der Waals surface area contributed by atoms with Crippen LogP contribution < -0.4 is 9.46 Å². The number of rotatable bonds is 8. The summed E-state index contributed by atoms with van der Waals surface area (Å²) < 4.78 is 59.5. The number of nitrogens with zero attached hydrogens (tertiary/aromatic N) is 2. The first-order valence-corrected chi connectivity index (χ1v) is 15.2. The van der Waals surface area contributed by atoms with Gasteiger partial charge in [-0.3, -0.25) is 9.52 Å². The van der Waals surface area contributed by atoms with Crippen LogP contribution in [0.25, 0.3) is 0 Å². The molecule has 1 aromatic heterocycles. The molecule has 0 bridgehead atoms. The summed E-state index contributed by atoms with van der Waals surface area (Å²) in [5.74, 6) is -0.145. The van der Waals surface area contributed by atoms with Gasteiger partial charge in [0.2, 0.25) is 15.9 Å². The van der Waals surface area contributed by atoms with Crippen LogP contribution in [0, 0.1) is 5.92 Å². The van der Waals surface area contributed by atoms with E-state index in [0.717, 1.165) is 17.6 Å². The molecule has 0 aliphatic carbocycles. The number of carbonyl (C=O) groups is 1. The molecule has 13 heteroatoms. The van der Waals surface area contributed by atoms with Crippen LogP contribution >= 0.6 is 11.3 Å². The molecule has 0 saturated heterocycles. The van der Waals surface area contributed by atoms with Crippen LogP contribution in [-0.4, -0.2) is 82.2 Å². The lowest BCUT2D eigenvalue weighted by Gasteiger charge is -2.33. The van der Waals surface area contributed by atoms with Crippen molar-refractivity contribution in [1.29, 1.82) is 0 Å². The van der Waals surface area contributed by atoms with Crippen molar-refractivity contribution >= 4 is 43.0 Å². The Hall–Kier alpha value is -2.19. The Bertz CT molecular complexity index is 1250. The Morgan fingerprint density at radius 3 is 2.60 bits per heavy atom. The van der Waals surface area contributed by atoms with Crippen LogP contribution in [0.15, 0.2) is 39.9 Å². The number of hydrogen-bond donors (Lipinski definition) is 2. The molecule has 35 heavy (non-hydrogen) atoms. The number of carbonyl (C=O) groups excluding carboxylic acids is 1. The number of fused-ring (bicyclic) bond motifs is 1. The quantitative estimate of drug-likeness (QED) is 0.515. The topological polar surface area (TPSA) is 133 Å². The van der Waals surface area contributed by atoms with Crippen molar-refractivity contribution in [2.45, 2.75) is 36.6 Å². The summed E-state index contributed by atoms with van der Waals surface area (Å²) in [6.07, 6.45) is 0.438. The number of ether oxygens (including phenoxy) is 1. The number of thiophene rings is 1. The molecule has 0 spiro atoms. The van der Waals surface area contributed by atoms with E-state index in [1.807, 2.05) is 6.92 Å². The van der Waals surface area contributed by atoms with Crippen LogP contribution in [0.2, 0.25) is 0 Å². The third kappa shape index (κ3) is 6.73. The number of sulfonamides is 2. The second-order valence-electron chi connectivity index (χ2n) is 8.79. The Morgan fingerprint density at radius 1 is 1.29 bits per heavy atom. The maximum Gasteiger partial charge on any atom is 0.271 e. The third-order valence-corrected chi connectivity index (χ3v) is 9.99. The number of nitrogens with one attached hydrogen (secondary N) is 1. The van der Waals surface area contributed by atoms with Gasteiger partial charge in [-0.2, -0.15) is 0 Å². The minimum Gasteiger partial charge on any atom is -0.488 e. The largest absolute Gasteiger partial charge is 0.488 e. The molecule has 1 aliphatic rings. The molecule has 194 valence electrons. The first kappa shape index (κ1) is 27.4. The van der Waals surface area contributed by atoms with Gasteiger partial charge >= 0.3 is 0 Å². The van der Waals surface area contributed by atoms with Gasteiger partial charge in [0.15, 0.2) is 0 Å². The molecule has 3 rings (SSSR count). The fourth-order valence-electron chi connectivity index (χ4n) is 3.72. The van der Waals surface area contributed by atoms with E-state index in [0.29, 0.717) is 11.3 Å². The predicted molar refractivity (Wildman–Crippen MR) is 135 cm³/mol. The van der Waals surface area contributed by atoms with E-state index in [2.05, 4.69) is 4.72 Å². The van der Waals surface area contributed by atoms with Crippen LogP contribution in [-0.2, 0) is 31.3 Å². The number of hydrogen-bond acceptors (Lipinski definition) is 8. The first-order chi connectivity index (χ1) is 16.3. The van der Waals surface area contributed by atoms with Gasteiger partial charge in [0.1, 0.15) is 16.1 Å². The van der Waals surface area contributed by atoms with Crippen molar-refractivity contribution in [3.05, 3.63) is 41.3 Å². The maximum absolute atomic E-state index is 13.2. The molecular weight excluding hydrogens is 514 g/mol. The second-order valence-corrected chi connectivity index (χ2v) is 13.7. The smallest absolute Gasteiger partial charge is 0.271 e. The van der Waals surface area contributed by atoms with E-state index in [-0.39, 0.29) is 47.8 Å². The molecule has 0 fully saturated rings. The lowest BCUT2D eigenvalue weighted by molar-refractivity contribution is -0.134. The summed E-state index contributed by atoms with van der Waals surface area (Å²) in [6.45, 7) is 3.67. The monoisotopic (exact) mass is 545 g/mol. The summed E-state index contributed by atoms with van der Waals surface area (Å²) in [6, 6.07) is 7.35. The lowest BCUT2D eigenvalue weighted by Crippen LogP contribution is -2.48. The molecular formula is C22H31N3O7S3. The number of anilines is 1. The summed E-state index contributed by atoms with van der Waals surface area (Å²) >= 11 is 1.09. The lowest BCUT2D eigenvalue weighted by atomic mass is 10.0. The number of benzene rings is 1. The summed E-state index contributed by atoms with van der Waals surface area (Å²) in [5, 5.41) is 11.4. The SMILES string of the molecule is C[C@H](CO)N1C[C@H](C)[C@H](CN(C)S(C)(=O)=O)Oc2ccc(NS(=O)(=O)c3cccs3)cc2CC1=O. The average Bonchev–Trinajstić information content (AvgIpc) is 3.33. The molecule has 0 radical (unpaired) electrons. The zero-order valence-electron chi connectivity index (χ0n) is 20.0. The Morgan fingerprint density at radius 2 is 2.00 bits per heavy atom. The van der Waals surface area contributed by atoms with E-state index >= 15 is 0 Å². The highest BCUT2D eigenvalue weighted by Gasteiger charge is 2.32. The summed E-state index contributed by atoms with van der Waals surface area (Å²) in [7, 11) is -5.80. The van der Waals surface area contributed by atoms with Crippen LogP contribution in [0.5, 0.6) is 5.75 Å².